The smallest absolute Gasteiger partial charge is 0.313 e. The lowest BCUT2D eigenvalue weighted by Crippen LogP contribution is -2.52. The number of nitrogens with one attached hydrogen (secondary N) is 2. The number of hydrogen-bond acceptors (Lipinski definition) is 7. The number of fused-ring (bicyclic) bond motifs is 2. The highest BCUT2D eigenvalue weighted by atomic mass is 32.3. The van der Waals surface area contributed by atoms with E-state index in [2.05, 4.69) is 14.5 Å². The van der Waals surface area contributed by atoms with Crippen LogP contribution in [0.4, 0.5) is 4.79 Å². The van der Waals surface area contributed by atoms with Crippen molar-refractivity contribution in [3.05, 3.63) is 0 Å². The van der Waals surface area contributed by atoms with Gasteiger partial charge in [-0.3, -0.25) is 14.8 Å². The zero-order valence-corrected chi connectivity index (χ0v) is 15.2. The van der Waals surface area contributed by atoms with Crippen LogP contribution >= 0.6 is 0 Å². The first-order chi connectivity index (χ1) is 12.2. The average Bonchev–Trinajstić information content (AvgIpc) is 2.79. The summed E-state index contributed by atoms with van der Waals surface area (Å²) in [5.74, 6) is -0.450. The molecule has 0 aromatic rings. The molecule has 0 aliphatic carbocycles. The van der Waals surface area contributed by atoms with E-state index in [1.807, 2.05) is 7.05 Å². The summed E-state index contributed by atoms with van der Waals surface area (Å²) in [6.07, 6.45) is 2.24. The maximum Gasteiger partial charge on any atom is 0.418 e. The Kier molecular flexibility index (Phi) is 5.19. The lowest BCUT2D eigenvalue weighted by Gasteiger charge is -2.32. The highest BCUT2D eigenvalue weighted by Gasteiger charge is 2.48. The number of hydrogen-bond donors (Lipinski definition) is 3. The van der Waals surface area contributed by atoms with Crippen molar-refractivity contribution in [3.63, 3.8) is 0 Å². The van der Waals surface area contributed by atoms with Gasteiger partial charge in [0, 0.05) is 12.5 Å². The minimum atomic E-state index is -4.80. The average molecular weight is 389 g/mol. The molecule has 3 rings (SSSR count). The summed E-state index contributed by atoms with van der Waals surface area (Å²) in [4.78, 5) is 28.1. The number of likely N-dealkylation sites (tertiary alicyclic amines) is 1. The van der Waals surface area contributed by atoms with Gasteiger partial charge in [0.1, 0.15) is 5.84 Å². The van der Waals surface area contributed by atoms with Crippen LogP contribution in [0, 0.1) is 11.3 Å². The fraction of sp³-hybridized carbons (Fsp3) is 0.786. The maximum absolute atomic E-state index is 12.4. The fourth-order valence-electron chi connectivity index (χ4n) is 3.72. The van der Waals surface area contributed by atoms with Crippen LogP contribution in [0.3, 0.4) is 0 Å². The molecule has 0 aromatic heterocycles. The van der Waals surface area contributed by atoms with Gasteiger partial charge in [-0.15, -0.1) is 4.28 Å². The highest BCUT2D eigenvalue weighted by molar-refractivity contribution is 7.80. The van der Waals surface area contributed by atoms with Crippen LogP contribution in [0.1, 0.15) is 25.7 Å². The van der Waals surface area contributed by atoms with Gasteiger partial charge in [0.05, 0.1) is 12.1 Å². The monoisotopic (exact) mass is 389 g/mol. The van der Waals surface area contributed by atoms with Gasteiger partial charge in [0.15, 0.2) is 0 Å². The van der Waals surface area contributed by atoms with Crippen molar-refractivity contribution < 1.29 is 26.8 Å². The van der Waals surface area contributed by atoms with Crippen LogP contribution < -0.4 is 5.32 Å². The van der Waals surface area contributed by atoms with Gasteiger partial charge in [-0.2, -0.15) is 13.5 Å². The number of amidine groups is 1. The van der Waals surface area contributed by atoms with Gasteiger partial charge in [0.2, 0.25) is 5.91 Å². The Hall–Kier alpha value is -1.76. The molecule has 3 N–H and O–H groups in total. The van der Waals surface area contributed by atoms with Crippen molar-refractivity contribution >= 4 is 28.2 Å². The van der Waals surface area contributed by atoms with Crippen LogP contribution in [-0.4, -0.2) is 84.4 Å². The molecule has 0 spiro atoms. The maximum atomic E-state index is 12.4. The molecule has 26 heavy (non-hydrogen) atoms. The summed E-state index contributed by atoms with van der Waals surface area (Å²) in [6, 6.07) is -1.91. The molecule has 2 bridgehead atoms. The zero-order valence-electron chi connectivity index (χ0n) is 14.4. The summed E-state index contributed by atoms with van der Waals surface area (Å²) in [5, 5.41) is 11.4. The first-order valence-electron chi connectivity index (χ1n) is 8.50. The SMILES string of the molecule is CN1CCC(C(=O)NC(=N)[C@@H]2CC[C@@H]3CN2C(=O)N3OS(=O)(=O)O)CC1. The van der Waals surface area contributed by atoms with Crippen molar-refractivity contribution in [3.8, 4) is 0 Å². The van der Waals surface area contributed by atoms with Gasteiger partial charge >= 0.3 is 16.4 Å². The molecular weight excluding hydrogens is 366 g/mol. The lowest BCUT2D eigenvalue weighted by atomic mass is 9.95. The van der Waals surface area contributed by atoms with Crippen molar-refractivity contribution in [1.29, 1.82) is 5.41 Å². The van der Waals surface area contributed by atoms with Crippen LogP contribution in [0.15, 0.2) is 0 Å². The topological polar surface area (TPSA) is 143 Å². The molecular formula is C14H23N5O6S. The number of amides is 3. The number of nitrogens with zero attached hydrogens (tertiary/aromatic N) is 3. The number of piperidine rings is 2. The molecule has 11 nitrogen and oxygen atoms in total. The number of carbonyl (C=O) groups excluding carboxylic acids is 2. The van der Waals surface area contributed by atoms with E-state index in [1.165, 1.54) is 4.90 Å². The Morgan fingerprint density at radius 2 is 1.92 bits per heavy atom. The third kappa shape index (κ3) is 3.98. The predicted octanol–water partition coefficient (Wildman–Crippen LogP) is -0.575. The summed E-state index contributed by atoms with van der Waals surface area (Å²) in [6.45, 7) is 1.82. The van der Waals surface area contributed by atoms with Gasteiger partial charge in [0.25, 0.3) is 0 Å². The molecule has 3 aliphatic heterocycles. The second-order valence-electron chi connectivity index (χ2n) is 6.99. The minimum absolute atomic E-state index is 0.0746. The normalized spacial score (nSPS) is 27.7. The quantitative estimate of drug-likeness (QED) is 0.332. The molecule has 3 saturated heterocycles. The van der Waals surface area contributed by atoms with Gasteiger partial charge in [-0.1, -0.05) is 0 Å². The van der Waals surface area contributed by atoms with E-state index in [-0.39, 0.29) is 24.2 Å². The van der Waals surface area contributed by atoms with Gasteiger partial charge in [-0.25, -0.2) is 4.79 Å². The molecule has 3 fully saturated rings. The minimum Gasteiger partial charge on any atom is -0.313 e. The van der Waals surface area contributed by atoms with Crippen LogP contribution in [0.25, 0.3) is 0 Å². The first kappa shape index (κ1) is 19.0. The molecule has 12 heteroatoms. The summed E-state index contributed by atoms with van der Waals surface area (Å²) >= 11 is 0. The molecule has 0 saturated carbocycles. The molecule has 146 valence electrons. The molecule has 0 unspecified atom stereocenters. The third-order valence-corrected chi connectivity index (χ3v) is 5.53. The number of urea groups is 1. The van der Waals surface area contributed by atoms with Crippen molar-refractivity contribution in [2.24, 2.45) is 5.92 Å². The van der Waals surface area contributed by atoms with Gasteiger partial charge < -0.3 is 15.1 Å². The molecule has 2 atom stereocenters. The zero-order chi connectivity index (χ0) is 19.1. The third-order valence-electron chi connectivity index (χ3n) is 5.18. The summed E-state index contributed by atoms with van der Waals surface area (Å²) < 4.78 is 35.0. The summed E-state index contributed by atoms with van der Waals surface area (Å²) in [5.41, 5.74) is 0. The largest absolute Gasteiger partial charge is 0.418 e. The van der Waals surface area contributed by atoms with Crippen molar-refractivity contribution in [2.75, 3.05) is 26.7 Å². The van der Waals surface area contributed by atoms with Gasteiger partial charge in [-0.05, 0) is 45.8 Å². The summed E-state index contributed by atoms with van der Waals surface area (Å²) in [7, 11) is -2.81. The van der Waals surface area contributed by atoms with Crippen LogP contribution in [0.2, 0.25) is 0 Å². The molecule has 3 aliphatic rings. The van der Waals surface area contributed by atoms with Crippen molar-refractivity contribution in [1.82, 2.24) is 20.2 Å². The second-order valence-corrected chi connectivity index (χ2v) is 7.99. The first-order valence-corrected chi connectivity index (χ1v) is 9.87. The Morgan fingerprint density at radius 1 is 1.27 bits per heavy atom. The predicted molar refractivity (Wildman–Crippen MR) is 89.5 cm³/mol. The number of hydroxylamine groups is 2. The molecule has 3 heterocycles. The van der Waals surface area contributed by atoms with Crippen molar-refractivity contribution in [2.45, 2.75) is 37.8 Å². The second kappa shape index (κ2) is 7.10. The Balaban J connectivity index is 1.61. The fourth-order valence-corrected chi connectivity index (χ4v) is 4.11. The van der Waals surface area contributed by atoms with E-state index in [0.717, 1.165) is 25.9 Å². The molecule has 0 aromatic carbocycles. The number of carbonyl (C=O) groups is 2. The highest BCUT2D eigenvalue weighted by Crippen LogP contribution is 2.31. The van der Waals surface area contributed by atoms with E-state index in [0.29, 0.717) is 17.9 Å². The Bertz CT molecular complexity index is 705. The lowest BCUT2D eigenvalue weighted by molar-refractivity contribution is -0.124. The van der Waals surface area contributed by atoms with E-state index < -0.39 is 28.5 Å². The number of rotatable bonds is 4. The van der Waals surface area contributed by atoms with E-state index in [9.17, 15) is 18.0 Å². The Labute approximate surface area is 151 Å². The van der Waals surface area contributed by atoms with E-state index in [4.69, 9.17) is 9.96 Å². The van der Waals surface area contributed by atoms with Crippen LogP contribution in [0.5, 0.6) is 0 Å². The van der Waals surface area contributed by atoms with E-state index >= 15 is 0 Å². The molecule has 0 radical (unpaired) electrons. The Morgan fingerprint density at radius 3 is 2.54 bits per heavy atom. The van der Waals surface area contributed by atoms with Crippen LogP contribution in [-0.2, 0) is 19.5 Å². The molecule has 3 amide bonds. The standard InChI is InChI=1S/C14H23N5O6S/c1-17-6-4-9(5-7-17)13(20)16-12(15)11-3-2-10-8-18(11)14(21)19(10)25-26(22,23)24/h9-11H,2-8H2,1H3,(H2,15,16,20)(H,22,23,24)/t10-,11+/m1/s1. The van der Waals surface area contributed by atoms with E-state index in [1.54, 1.807) is 0 Å².